The second kappa shape index (κ2) is 8.37. The molecule has 2 saturated heterocycles. The van der Waals surface area contributed by atoms with Crippen LogP contribution in [0.4, 0.5) is 0 Å². The highest BCUT2D eigenvalue weighted by Crippen LogP contribution is 2.23. The maximum Gasteiger partial charge on any atom is 0.225 e. The summed E-state index contributed by atoms with van der Waals surface area (Å²) >= 11 is 3.59. The summed E-state index contributed by atoms with van der Waals surface area (Å²) in [6.45, 7) is 5.03. The summed E-state index contributed by atoms with van der Waals surface area (Å²) in [7, 11) is -3.14. The van der Waals surface area contributed by atoms with Gasteiger partial charge in [-0.1, -0.05) is 34.1 Å². The van der Waals surface area contributed by atoms with E-state index in [9.17, 15) is 13.2 Å². The minimum Gasteiger partial charge on any atom is -0.340 e. The summed E-state index contributed by atoms with van der Waals surface area (Å²) in [6.07, 6.45) is 2.49. The average Bonchev–Trinajstić information content (AvgIpc) is 2.63. The summed E-state index contributed by atoms with van der Waals surface area (Å²) < 4.78 is 25.8. The topological polar surface area (TPSA) is 60.9 Å². The van der Waals surface area contributed by atoms with E-state index in [2.05, 4.69) is 33.0 Å². The first-order valence-electron chi connectivity index (χ1n) is 9.04. The molecule has 6 nitrogen and oxygen atoms in total. The molecule has 0 N–H and O–H groups in total. The van der Waals surface area contributed by atoms with Gasteiger partial charge in [0, 0.05) is 56.2 Å². The second-order valence-electron chi connectivity index (χ2n) is 7.13. The van der Waals surface area contributed by atoms with Gasteiger partial charge in [-0.15, -0.1) is 0 Å². The van der Waals surface area contributed by atoms with Crippen LogP contribution in [-0.4, -0.2) is 74.0 Å². The van der Waals surface area contributed by atoms with Crippen molar-refractivity contribution in [3.63, 3.8) is 0 Å². The number of sulfonamides is 1. The van der Waals surface area contributed by atoms with Crippen LogP contribution in [0.15, 0.2) is 28.7 Å². The van der Waals surface area contributed by atoms with Crippen LogP contribution in [0.2, 0.25) is 0 Å². The molecule has 2 aliphatic rings. The number of benzene rings is 1. The molecular formula is C18H26BrN3O3S. The third-order valence-corrected chi connectivity index (χ3v) is 7.38. The maximum absolute atomic E-state index is 12.8. The highest BCUT2D eigenvalue weighted by Gasteiger charge is 2.32. The summed E-state index contributed by atoms with van der Waals surface area (Å²) in [5.74, 6) is 0.154. The summed E-state index contributed by atoms with van der Waals surface area (Å²) in [4.78, 5) is 17.1. The van der Waals surface area contributed by atoms with Crippen molar-refractivity contribution >= 4 is 31.9 Å². The number of amides is 1. The minimum atomic E-state index is -3.14. The van der Waals surface area contributed by atoms with Crippen molar-refractivity contribution in [3.05, 3.63) is 34.3 Å². The van der Waals surface area contributed by atoms with Crippen molar-refractivity contribution in [2.45, 2.75) is 19.4 Å². The molecule has 8 heteroatoms. The molecule has 3 rings (SSSR count). The largest absolute Gasteiger partial charge is 0.340 e. The molecule has 0 aromatic heterocycles. The lowest BCUT2D eigenvalue weighted by molar-refractivity contribution is -0.138. The van der Waals surface area contributed by atoms with Crippen molar-refractivity contribution in [1.82, 2.24) is 14.1 Å². The molecule has 0 aliphatic carbocycles. The number of hydrogen-bond acceptors (Lipinski definition) is 4. The monoisotopic (exact) mass is 443 g/mol. The van der Waals surface area contributed by atoms with Crippen molar-refractivity contribution < 1.29 is 13.2 Å². The van der Waals surface area contributed by atoms with E-state index in [1.807, 2.05) is 17.0 Å². The Kier molecular flexibility index (Phi) is 6.37. The molecule has 1 amide bonds. The van der Waals surface area contributed by atoms with E-state index in [4.69, 9.17) is 0 Å². The number of hydrogen-bond donors (Lipinski definition) is 0. The first-order valence-corrected chi connectivity index (χ1v) is 11.7. The van der Waals surface area contributed by atoms with Crippen molar-refractivity contribution in [1.29, 1.82) is 0 Å². The summed E-state index contributed by atoms with van der Waals surface area (Å²) in [5, 5.41) is 0. The van der Waals surface area contributed by atoms with E-state index < -0.39 is 10.0 Å². The van der Waals surface area contributed by atoms with Crippen LogP contribution in [0, 0.1) is 5.92 Å². The molecule has 1 aromatic carbocycles. The van der Waals surface area contributed by atoms with Crippen LogP contribution in [-0.2, 0) is 21.4 Å². The van der Waals surface area contributed by atoms with Crippen molar-refractivity contribution in [2.24, 2.45) is 5.92 Å². The molecule has 0 unspecified atom stereocenters. The fourth-order valence-corrected chi connectivity index (χ4v) is 4.97. The van der Waals surface area contributed by atoms with Gasteiger partial charge < -0.3 is 4.90 Å². The molecule has 0 saturated carbocycles. The Morgan fingerprint density at radius 3 is 2.27 bits per heavy atom. The van der Waals surface area contributed by atoms with E-state index >= 15 is 0 Å². The minimum absolute atomic E-state index is 0.0391. The van der Waals surface area contributed by atoms with E-state index in [0.29, 0.717) is 25.9 Å². The van der Waals surface area contributed by atoms with Crippen LogP contribution < -0.4 is 0 Å². The van der Waals surface area contributed by atoms with Gasteiger partial charge in [-0.2, -0.15) is 0 Å². The van der Waals surface area contributed by atoms with Crippen LogP contribution in [0.5, 0.6) is 0 Å². The summed E-state index contributed by atoms with van der Waals surface area (Å²) in [5.41, 5.74) is 1.26. The third kappa shape index (κ3) is 4.85. The quantitative estimate of drug-likeness (QED) is 0.711. The predicted octanol–water partition coefficient (Wildman–Crippen LogP) is 1.76. The first kappa shape index (κ1) is 19.8. The predicted molar refractivity (Wildman–Crippen MR) is 105 cm³/mol. The SMILES string of the molecule is CS(=O)(=O)N1CCC(C(=O)N2CCN(Cc3ccccc3Br)CC2)CC1. The summed E-state index contributed by atoms with van der Waals surface area (Å²) in [6, 6.07) is 8.23. The number of nitrogens with zero attached hydrogens (tertiary/aromatic N) is 3. The van der Waals surface area contributed by atoms with Gasteiger partial charge in [0.15, 0.2) is 0 Å². The fourth-order valence-electron chi connectivity index (χ4n) is 3.69. The van der Waals surface area contributed by atoms with Gasteiger partial charge in [0.1, 0.15) is 0 Å². The standard InChI is InChI=1S/C18H26BrN3O3S/c1-26(24,25)22-8-6-15(7-9-22)18(23)21-12-10-20(11-13-21)14-16-4-2-3-5-17(16)19/h2-5,15H,6-14H2,1H3. The van der Waals surface area contributed by atoms with Gasteiger partial charge in [0.2, 0.25) is 15.9 Å². The van der Waals surface area contributed by atoms with Crippen molar-refractivity contribution in [2.75, 3.05) is 45.5 Å². The van der Waals surface area contributed by atoms with Gasteiger partial charge in [0.25, 0.3) is 0 Å². The van der Waals surface area contributed by atoms with E-state index in [-0.39, 0.29) is 11.8 Å². The van der Waals surface area contributed by atoms with E-state index in [0.717, 1.165) is 37.2 Å². The lowest BCUT2D eigenvalue weighted by Gasteiger charge is -2.38. The molecule has 0 atom stereocenters. The van der Waals surface area contributed by atoms with Gasteiger partial charge in [-0.3, -0.25) is 9.69 Å². The Morgan fingerprint density at radius 1 is 1.08 bits per heavy atom. The molecule has 2 fully saturated rings. The normalized spacial score (nSPS) is 21.1. The zero-order valence-electron chi connectivity index (χ0n) is 15.1. The Hall–Kier alpha value is -0.960. The van der Waals surface area contributed by atoms with Crippen LogP contribution >= 0.6 is 15.9 Å². The molecule has 144 valence electrons. The molecule has 0 spiro atoms. The highest BCUT2D eigenvalue weighted by atomic mass is 79.9. The Morgan fingerprint density at radius 2 is 1.69 bits per heavy atom. The fraction of sp³-hybridized carbons (Fsp3) is 0.611. The molecule has 0 bridgehead atoms. The zero-order valence-corrected chi connectivity index (χ0v) is 17.5. The number of piperidine rings is 1. The van der Waals surface area contributed by atoms with Gasteiger partial charge in [-0.25, -0.2) is 12.7 Å². The first-order chi connectivity index (χ1) is 12.3. The Labute approximate surface area is 164 Å². The molecular weight excluding hydrogens is 418 g/mol. The number of halogens is 1. The zero-order chi connectivity index (χ0) is 18.7. The van der Waals surface area contributed by atoms with E-state index in [1.165, 1.54) is 16.1 Å². The molecule has 26 heavy (non-hydrogen) atoms. The molecule has 2 heterocycles. The Balaban J connectivity index is 1.48. The average molecular weight is 444 g/mol. The third-order valence-electron chi connectivity index (χ3n) is 5.31. The van der Waals surface area contributed by atoms with Gasteiger partial charge in [0.05, 0.1) is 6.26 Å². The number of rotatable bonds is 4. The van der Waals surface area contributed by atoms with Crippen LogP contribution in [0.25, 0.3) is 0 Å². The van der Waals surface area contributed by atoms with Crippen LogP contribution in [0.3, 0.4) is 0 Å². The van der Waals surface area contributed by atoms with E-state index in [1.54, 1.807) is 0 Å². The number of piperazine rings is 1. The second-order valence-corrected chi connectivity index (χ2v) is 9.97. The molecule has 1 aromatic rings. The number of carbonyl (C=O) groups excluding carboxylic acids is 1. The lowest BCUT2D eigenvalue weighted by Crippen LogP contribution is -2.51. The number of carbonyl (C=O) groups is 1. The highest BCUT2D eigenvalue weighted by molar-refractivity contribution is 9.10. The molecule has 0 radical (unpaired) electrons. The van der Waals surface area contributed by atoms with Crippen LogP contribution in [0.1, 0.15) is 18.4 Å². The van der Waals surface area contributed by atoms with Gasteiger partial charge >= 0.3 is 0 Å². The lowest BCUT2D eigenvalue weighted by atomic mass is 9.96. The Bertz CT molecular complexity index is 740. The maximum atomic E-state index is 12.8. The van der Waals surface area contributed by atoms with Crippen molar-refractivity contribution in [3.8, 4) is 0 Å². The smallest absolute Gasteiger partial charge is 0.225 e. The molecule has 2 aliphatic heterocycles. The van der Waals surface area contributed by atoms with Gasteiger partial charge in [-0.05, 0) is 24.5 Å².